The van der Waals surface area contributed by atoms with Crippen LogP contribution in [0.5, 0.6) is 0 Å². The number of benzene rings is 2. The molecule has 0 heterocycles. The summed E-state index contributed by atoms with van der Waals surface area (Å²) in [7, 11) is -9.66. The molecule has 2 rings (SSSR count). The summed E-state index contributed by atoms with van der Waals surface area (Å²) in [5, 5.41) is 0.619. The summed E-state index contributed by atoms with van der Waals surface area (Å²) in [6, 6.07) is 6.30. The fourth-order valence-corrected chi connectivity index (χ4v) is 5.18. The van der Waals surface area contributed by atoms with Gasteiger partial charge in [0.1, 0.15) is 9.79 Å². The Morgan fingerprint density at radius 1 is 0.773 bits per heavy atom. The van der Waals surface area contributed by atoms with Gasteiger partial charge in [-0.15, -0.1) is 0 Å². The van der Waals surface area contributed by atoms with Crippen molar-refractivity contribution in [3.8, 4) is 0 Å². The zero-order chi connectivity index (χ0) is 16.7. The van der Waals surface area contributed by atoms with Gasteiger partial charge in [-0.25, -0.2) is 0 Å². The Hall–Kier alpha value is -1.48. The van der Waals surface area contributed by atoms with Crippen LogP contribution in [0, 0.1) is 0 Å². The molecule has 0 fully saturated rings. The van der Waals surface area contributed by atoms with Gasteiger partial charge in [0.15, 0.2) is 0 Å². The minimum atomic E-state index is -4.84. The highest BCUT2D eigenvalue weighted by atomic mass is 32.2. The molecule has 0 unspecified atom stereocenters. The molecule has 0 aromatic heterocycles. The van der Waals surface area contributed by atoms with E-state index in [1.165, 1.54) is 12.1 Å². The van der Waals surface area contributed by atoms with Crippen molar-refractivity contribution in [1.82, 2.24) is 0 Å². The maximum absolute atomic E-state index is 11.8. The summed E-state index contributed by atoms with van der Waals surface area (Å²) in [6.45, 7) is 3.47. The number of hydrogen-bond acceptors (Lipinski definition) is 4. The van der Waals surface area contributed by atoms with Gasteiger partial charge >= 0.3 is 0 Å². The number of hydrogen-bond donors (Lipinski definition) is 2. The zero-order valence-electron chi connectivity index (χ0n) is 12.1. The number of rotatable bonds is 4. The van der Waals surface area contributed by atoms with E-state index in [4.69, 9.17) is 0 Å². The molecule has 120 valence electrons. The Bertz CT molecular complexity index is 943. The van der Waals surface area contributed by atoms with Gasteiger partial charge < -0.3 is 0 Å². The minimum Gasteiger partial charge on any atom is -0.282 e. The van der Waals surface area contributed by atoms with Crippen LogP contribution in [-0.4, -0.2) is 25.9 Å². The van der Waals surface area contributed by atoms with Gasteiger partial charge in [0.05, 0.1) is 0 Å². The Kier molecular flexibility index (Phi) is 4.31. The van der Waals surface area contributed by atoms with E-state index >= 15 is 0 Å². The van der Waals surface area contributed by atoms with Crippen LogP contribution in [0.3, 0.4) is 0 Å². The molecule has 6 nitrogen and oxygen atoms in total. The van der Waals surface area contributed by atoms with Crippen molar-refractivity contribution in [3.63, 3.8) is 0 Å². The van der Waals surface area contributed by atoms with E-state index in [0.29, 0.717) is 17.4 Å². The van der Waals surface area contributed by atoms with Gasteiger partial charge in [-0.1, -0.05) is 38.1 Å². The molecule has 0 bridgehead atoms. The molecule has 2 aromatic rings. The minimum absolute atomic E-state index is 0.0756. The SMILES string of the molecule is CCc1c(S(=O)(=O)O)c(S(=O)(=O)O)c2ccccc2c1CC. The molecule has 0 atom stereocenters. The average Bonchev–Trinajstić information content (AvgIpc) is 2.42. The first-order valence-electron chi connectivity index (χ1n) is 6.64. The van der Waals surface area contributed by atoms with Gasteiger partial charge in [0, 0.05) is 5.39 Å². The maximum atomic E-state index is 11.8. The van der Waals surface area contributed by atoms with Crippen LogP contribution in [0.25, 0.3) is 10.8 Å². The largest absolute Gasteiger partial charge is 0.296 e. The molecule has 0 spiro atoms. The summed E-state index contributed by atoms with van der Waals surface area (Å²) in [5.74, 6) is 0. The van der Waals surface area contributed by atoms with Crippen LogP contribution in [-0.2, 0) is 33.1 Å². The van der Waals surface area contributed by atoms with E-state index in [0.717, 1.165) is 0 Å². The van der Waals surface area contributed by atoms with Crippen molar-refractivity contribution in [2.45, 2.75) is 36.5 Å². The summed E-state index contributed by atoms with van der Waals surface area (Å²) >= 11 is 0. The quantitative estimate of drug-likeness (QED) is 0.825. The molecule has 0 aliphatic carbocycles. The summed E-state index contributed by atoms with van der Waals surface area (Å²) in [6.07, 6.45) is 0.656. The summed E-state index contributed by atoms with van der Waals surface area (Å²) in [4.78, 5) is -1.49. The van der Waals surface area contributed by atoms with E-state index < -0.39 is 30.0 Å². The van der Waals surface area contributed by atoms with Crippen molar-refractivity contribution in [1.29, 1.82) is 0 Å². The smallest absolute Gasteiger partial charge is 0.282 e. The highest BCUT2D eigenvalue weighted by Gasteiger charge is 2.31. The van der Waals surface area contributed by atoms with Crippen molar-refractivity contribution in [3.05, 3.63) is 35.4 Å². The molecule has 0 radical (unpaired) electrons. The number of fused-ring (bicyclic) bond motifs is 1. The third kappa shape index (κ3) is 2.74. The molecule has 2 aromatic carbocycles. The molecular weight excluding hydrogens is 328 g/mol. The average molecular weight is 344 g/mol. The standard InChI is InChI=1S/C14H16O6S2/c1-3-9-10(4-2)13(21(15,16)17)14(22(18,19)20)12-8-6-5-7-11(9)12/h5-8H,3-4H2,1-2H3,(H,15,16,17)(H,18,19,20). The van der Waals surface area contributed by atoms with Crippen molar-refractivity contribution in [2.75, 3.05) is 0 Å². The lowest BCUT2D eigenvalue weighted by Gasteiger charge is -2.18. The molecule has 22 heavy (non-hydrogen) atoms. The van der Waals surface area contributed by atoms with Crippen LogP contribution < -0.4 is 0 Å². The van der Waals surface area contributed by atoms with E-state index in [1.807, 2.05) is 6.92 Å². The van der Waals surface area contributed by atoms with Crippen molar-refractivity contribution < 1.29 is 25.9 Å². The normalized spacial score (nSPS) is 12.7. The Morgan fingerprint density at radius 3 is 1.64 bits per heavy atom. The lowest BCUT2D eigenvalue weighted by molar-refractivity contribution is 0.466. The summed E-state index contributed by atoms with van der Waals surface area (Å²) < 4.78 is 66.1. The topological polar surface area (TPSA) is 109 Å². The first-order chi connectivity index (χ1) is 10.1. The van der Waals surface area contributed by atoms with Crippen LogP contribution in [0.15, 0.2) is 34.1 Å². The predicted molar refractivity (Wildman–Crippen MR) is 82.3 cm³/mol. The highest BCUT2D eigenvalue weighted by molar-refractivity contribution is 7.89. The first kappa shape index (κ1) is 16.9. The van der Waals surface area contributed by atoms with Crippen LogP contribution in [0.2, 0.25) is 0 Å². The molecule has 2 N–H and O–H groups in total. The number of aryl methyl sites for hydroxylation is 1. The zero-order valence-corrected chi connectivity index (χ0v) is 13.7. The van der Waals surface area contributed by atoms with E-state index in [-0.39, 0.29) is 17.4 Å². The molecule has 0 amide bonds. The van der Waals surface area contributed by atoms with Gasteiger partial charge in [-0.05, 0) is 29.4 Å². The van der Waals surface area contributed by atoms with Crippen LogP contribution >= 0.6 is 0 Å². The lowest BCUT2D eigenvalue weighted by atomic mass is 9.95. The van der Waals surface area contributed by atoms with Crippen molar-refractivity contribution in [2.24, 2.45) is 0 Å². The van der Waals surface area contributed by atoms with Gasteiger partial charge in [0.25, 0.3) is 20.2 Å². The van der Waals surface area contributed by atoms with Crippen LogP contribution in [0.1, 0.15) is 25.0 Å². The lowest BCUT2D eigenvalue weighted by Crippen LogP contribution is -2.14. The monoisotopic (exact) mass is 344 g/mol. The van der Waals surface area contributed by atoms with Gasteiger partial charge in [-0.3, -0.25) is 9.11 Å². The van der Waals surface area contributed by atoms with Gasteiger partial charge in [-0.2, -0.15) is 16.8 Å². The molecule has 0 aliphatic heterocycles. The highest BCUT2D eigenvalue weighted by Crippen LogP contribution is 2.37. The second-order valence-electron chi connectivity index (χ2n) is 4.82. The second kappa shape index (κ2) is 5.62. The second-order valence-corrected chi connectivity index (χ2v) is 7.53. The van der Waals surface area contributed by atoms with Crippen LogP contribution in [0.4, 0.5) is 0 Å². The van der Waals surface area contributed by atoms with E-state index in [9.17, 15) is 25.9 Å². The fourth-order valence-electron chi connectivity index (χ4n) is 2.81. The Balaban J connectivity index is 3.28. The maximum Gasteiger partial charge on any atom is 0.296 e. The molecule has 0 aliphatic rings. The van der Waals surface area contributed by atoms with Crippen molar-refractivity contribution >= 4 is 31.0 Å². The Labute approximate surface area is 129 Å². The van der Waals surface area contributed by atoms with Gasteiger partial charge in [0.2, 0.25) is 0 Å². The Morgan fingerprint density at radius 2 is 1.23 bits per heavy atom. The molecule has 8 heteroatoms. The van der Waals surface area contributed by atoms with E-state index in [2.05, 4.69) is 0 Å². The first-order valence-corrected chi connectivity index (χ1v) is 9.52. The predicted octanol–water partition coefficient (Wildman–Crippen LogP) is 2.46. The third-order valence-electron chi connectivity index (χ3n) is 3.56. The molecule has 0 saturated carbocycles. The fraction of sp³-hybridized carbons (Fsp3) is 0.286. The molecule has 0 saturated heterocycles. The summed E-state index contributed by atoms with van der Waals surface area (Å²) in [5.41, 5.74) is 0.842. The third-order valence-corrected chi connectivity index (χ3v) is 5.60. The molecular formula is C14H16O6S2. The van der Waals surface area contributed by atoms with E-state index in [1.54, 1.807) is 19.1 Å².